The molecule has 0 saturated carbocycles. The summed E-state index contributed by atoms with van der Waals surface area (Å²) in [5, 5.41) is 2.41. The van der Waals surface area contributed by atoms with Crippen LogP contribution >= 0.6 is 15.9 Å². The van der Waals surface area contributed by atoms with Crippen molar-refractivity contribution in [2.45, 2.75) is 24.0 Å². The van der Waals surface area contributed by atoms with Crippen molar-refractivity contribution < 1.29 is 35.2 Å². The van der Waals surface area contributed by atoms with Crippen molar-refractivity contribution in [2.75, 3.05) is 6.26 Å². The topological polar surface area (TPSA) is 85.2 Å². The van der Waals surface area contributed by atoms with Crippen LogP contribution in [0.4, 0.5) is 22.0 Å². The second-order valence-electron chi connectivity index (χ2n) is 7.38. The summed E-state index contributed by atoms with van der Waals surface area (Å²) in [7, 11) is -3.43. The second-order valence-corrected chi connectivity index (χ2v) is 10.2. The van der Waals surface area contributed by atoms with Crippen molar-refractivity contribution in [1.29, 1.82) is 0 Å². The molecular formula is C22H16BrF5N2O4S. The van der Waals surface area contributed by atoms with E-state index >= 15 is 0 Å². The van der Waals surface area contributed by atoms with E-state index < -0.39 is 56.4 Å². The molecule has 35 heavy (non-hydrogen) atoms. The fourth-order valence-electron chi connectivity index (χ4n) is 3.17. The number of aromatic nitrogens is 1. The van der Waals surface area contributed by atoms with Crippen LogP contribution in [0.5, 0.6) is 0 Å². The number of carbonyl (C=O) groups is 1. The Morgan fingerprint density at radius 2 is 1.71 bits per heavy atom. The zero-order valence-corrected chi connectivity index (χ0v) is 20.1. The number of carbonyl (C=O) groups excluding carboxylic acids is 1. The lowest BCUT2D eigenvalue weighted by atomic mass is 10.1. The van der Waals surface area contributed by atoms with Crippen molar-refractivity contribution in [3.63, 3.8) is 0 Å². The van der Waals surface area contributed by atoms with Crippen LogP contribution in [0, 0.1) is 0 Å². The van der Waals surface area contributed by atoms with Gasteiger partial charge in [0.1, 0.15) is 11.3 Å². The SMILES string of the molecule is CS(=O)(=O)c1ccc(CNC(=O)c2cc(Br)c(C(F)F)n(-c3cccc(C(F)(F)F)c3)c2=O)cc1. The first-order valence-corrected chi connectivity index (χ1v) is 12.4. The number of nitrogens with one attached hydrogen (secondary N) is 1. The molecule has 13 heteroatoms. The monoisotopic (exact) mass is 578 g/mol. The molecule has 186 valence electrons. The lowest BCUT2D eigenvalue weighted by Crippen LogP contribution is -2.34. The fourth-order valence-corrected chi connectivity index (χ4v) is 4.38. The average Bonchev–Trinajstić information content (AvgIpc) is 2.77. The van der Waals surface area contributed by atoms with Crippen molar-refractivity contribution in [3.8, 4) is 5.69 Å². The van der Waals surface area contributed by atoms with E-state index in [9.17, 15) is 40.0 Å². The van der Waals surface area contributed by atoms with Gasteiger partial charge in [0.15, 0.2) is 9.84 Å². The molecule has 0 fully saturated rings. The van der Waals surface area contributed by atoms with Crippen LogP contribution in [0.3, 0.4) is 0 Å². The Labute approximate surface area is 204 Å². The van der Waals surface area contributed by atoms with Gasteiger partial charge >= 0.3 is 6.18 Å². The quantitative estimate of drug-likeness (QED) is 0.422. The minimum absolute atomic E-state index is 0.0584. The summed E-state index contributed by atoms with van der Waals surface area (Å²) >= 11 is 2.88. The van der Waals surface area contributed by atoms with Crippen LogP contribution in [0.1, 0.15) is 33.6 Å². The highest BCUT2D eigenvalue weighted by atomic mass is 79.9. The Morgan fingerprint density at radius 1 is 1.09 bits per heavy atom. The molecule has 0 aliphatic rings. The maximum Gasteiger partial charge on any atom is 0.416 e. The highest BCUT2D eigenvalue weighted by molar-refractivity contribution is 9.10. The number of rotatable bonds is 6. The summed E-state index contributed by atoms with van der Waals surface area (Å²) in [4.78, 5) is 25.8. The average molecular weight is 579 g/mol. The standard InChI is InChI=1S/C22H16BrF5N2O4S/c1-35(33,34)15-7-5-12(6-8-15)11-29-20(31)16-10-17(23)18(19(24)25)30(21(16)32)14-4-2-3-13(9-14)22(26,27)28/h2-10,19H,11H2,1H3,(H,29,31). The molecule has 6 nitrogen and oxygen atoms in total. The zero-order chi connectivity index (χ0) is 26.1. The third kappa shape index (κ3) is 5.96. The lowest BCUT2D eigenvalue weighted by Gasteiger charge is -2.17. The largest absolute Gasteiger partial charge is 0.416 e. The first-order chi connectivity index (χ1) is 16.2. The van der Waals surface area contributed by atoms with Crippen LogP contribution in [0.15, 0.2) is 68.8 Å². The van der Waals surface area contributed by atoms with E-state index in [1.165, 1.54) is 24.3 Å². The van der Waals surface area contributed by atoms with Gasteiger partial charge in [0, 0.05) is 23.0 Å². The summed E-state index contributed by atoms with van der Waals surface area (Å²) in [5.41, 5.74) is -3.92. The molecule has 0 spiro atoms. The summed E-state index contributed by atoms with van der Waals surface area (Å²) in [6.07, 6.45) is -7.01. The first-order valence-electron chi connectivity index (χ1n) is 9.68. The second kappa shape index (κ2) is 9.90. The van der Waals surface area contributed by atoms with Crippen LogP contribution in [-0.4, -0.2) is 25.1 Å². The zero-order valence-electron chi connectivity index (χ0n) is 17.7. The number of nitrogens with zero attached hydrogens (tertiary/aromatic N) is 1. The molecule has 0 aliphatic heterocycles. The minimum atomic E-state index is -4.79. The van der Waals surface area contributed by atoms with Crippen LogP contribution in [0.2, 0.25) is 0 Å². The number of hydrogen-bond donors (Lipinski definition) is 1. The molecule has 1 heterocycles. The molecule has 0 unspecified atom stereocenters. The van der Waals surface area contributed by atoms with Gasteiger partial charge in [-0.05, 0) is 57.9 Å². The number of alkyl halides is 5. The molecule has 1 N–H and O–H groups in total. The number of sulfone groups is 1. The number of benzene rings is 2. The number of hydrogen-bond acceptors (Lipinski definition) is 4. The minimum Gasteiger partial charge on any atom is -0.348 e. The lowest BCUT2D eigenvalue weighted by molar-refractivity contribution is -0.137. The Kier molecular flexibility index (Phi) is 7.50. The maximum absolute atomic E-state index is 13.8. The Morgan fingerprint density at radius 3 is 2.26 bits per heavy atom. The van der Waals surface area contributed by atoms with Crippen molar-refractivity contribution in [3.05, 3.63) is 91.8 Å². The van der Waals surface area contributed by atoms with Gasteiger partial charge in [0.05, 0.1) is 10.5 Å². The molecule has 1 amide bonds. The molecule has 0 radical (unpaired) electrons. The van der Waals surface area contributed by atoms with Crippen molar-refractivity contribution in [1.82, 2.24) is 9.88 Å². The van der Waals surface area contributed by atoms with Gasteiger partial charge in [-0.2, -0.15) is 13.2 Å². The van der Waals surface area contributed by atoms with E-state index in [0.717, 1.165) is 30.5 Å². The summed E-state index contributed by atoms with van der Waals surface area (Å²) < 4.78 is 90.0. The highest BCUT2D eigenvalue weighted by Gasteiger charge is 2.31. The van der Waals surface area contributed by atoms with E-state index in [0.29, 0.717) is 16.2 Å². The van der Waals surface area contributed by atoms with Gasteiger partial charge in [-0.15, -0.1) is 0 Å². The third-order valence-electron chi connectivity index (χ3n) is 4.88. The summed E-state index contributed by atoms with van der Waals surface area (Å²) in [5.74, 6) is -0.968. The van der Waals surface area contributed by atoms with Gasteiger partial charge in [-0.1, -0.05) is 18.2 Å². The Bertz CT molecular complexity index is 1440. The van der Waals surface area contributed by atoms with Crippen LogP contribution in [-0.2, 0) is 22.6 Å². The van der Waals surface area contributed by atoms with E-state index in [2.05, 4.69) is 21.2 Å². The fraction of sp³-hybridized carbons (Fsp3) is 0.182. The van der Waals surface area contributed by atoms with Crippen molar-refractivity contribution >= 4 is 31.7 Å². The van der Waals surface area contributed by atoms with E-state index in [4.69, 9.17) is 0 Å². The molecule has 1 aromatic heterocycles. The van der Waals surface area contributed by atoms with Gasteiger partial charge in [0.2, 0.25) is 0 Å². The van der Waals surface area contributed by atoms with Gasteiger partial charge < -0.3 is 5.32 Å². The number of amides is 1. The molecule has 2 aromatic carbocycles. The molecule has 3 rings (SSSR count). The molecule has 0 aliphatic carbocycles. The molecular weight excluding hydrogens is 563 g/mol. The van der Waals surface area contributed by atoms with E-state index in [1.54, 1.807) is 0 Å². The molecule has 0 saturated heterocycles. The third-order valence-corrected chi connectivity index (χ3v) is 6.64. The molecule has 0 bridgehead atoms. The molecule has 0 atom stereocenters. The van der Waals surface area contributed by atoms with Crippen LogP contribution in [0.25, 0.3) is 5.69 Å². The normalized spacial score (nSPS) is 12.1. The van der Waals surface area contributed by atoms with Gasteiger partial charge in [-0.25, -0.2) is 17.2 Å². The highest BCUT2D eigenvalue weighted by Crippen LogP contribution is 2.33. The van der Waals surface area contributed by atoms with E-state index in [-0.39, 0.29) is 15.9 Å². The number of pyridine rings is 1. The Hall–Kier alpha value is -3.06. The number of halogens is 6. The van der Waals surface area contributed by atoms with E-state index in [1.807, 2.05) is 0 Å². The first kappa shape index (κ1) is 26.5. The summed E-state index contributed by atoms with van der Waals surface area (Å²) in [6, 6.07) is 9.65. The van der Waals surface area contributed by atoms with Crippen molar-refractivity contribution in [2.24, 2.45) is 0 Å². The van der Waals surface area contributed by atoms with Gasteiger partial charge in [-0.3, -0.25) is 14.2 Å². The molecule has 3 aromatic rings. The maximum atomic E-state index is 13.8. The van der Waals surface area contributed by atoms with Crippen LogP contribution < -0.4 is 10.9 Å². The van der Waals surface area contributed by atoms with Gasteiger partial charge in [0.25, 0.3) is 17.9 Å². The Balaban J connectivity index is 2.00. The summed E-state index contributed by atoms with van der Waals surface area (Å²) in [6.45, 7) is -0.139. The smallest absolute Gasteiger partial charge is 0.348 e. The predicted octanol–water partition coefficient (Wildman–Crippen LogP) is 4.89. The predicted molar refractivity (Wildman–Crippen MR) is 120 cm³/mol.